The van der Waals surface area contributed by atoms with Crippen LogP contribution in [0.1, 0.15) is 30.3 Å². The van der Waals surface area contributed by atoms with E-state index in [1.807, 2.05) is 36.0 Å². The summed E-state index contributed by atoms with van der Waals surface area (Å²) in [6, 6.07) is 5.97. The minimum Gasteiger partial charge on any atom is -0.497 e. The lowest BCUT2D eigenvalue weighted by atomic mass is 9.91. The summed E-state index contributed by atoms with van der Waals surface area (Å²) in [7, 11) is 5.26. The van der Waals surface area contributed by atoms with Gasteiger partial charge in [0.25, 0.3) is 0 Å². The molecule has 136 valence electrons. The van der Waals surface area contributed by atoms with Gasteiger partial charge < -0.3 is 19.1 Å². The van der Waals surface area contributed by atoms with Gasteiger partial charge in [-0.2, -0.15) is 0 Å². The van der Waals surface area contributed by atoms with E-state index >= 15 is 0 Å². The van der Waals surface area contributed by atoms with Crippen LogP contribution in [-0.2, 0) is 13.6 Å². The van der Waals surface area contributed by atoms with Crippen LogP contribution in [0.15, 0.2) is 30.6 Å². The Kier molecular flexibility index (Phi) is 5.60. The monoisotopic (exact) mass is 345 g/mol. The molecule has 6 nitrogen and oxygen atoms in total. The molecule has 0 spiro atoms. The maximum absolute atomic E-state index is 10.7. The van der Waals surface area contributed by atoms with Crippen LogP contribution in [-0.4, -0.2) is 46.9 Å². The SMILES string of the molecule is COc1cc(CN2CCCC(C(O)c3nccn3C)C2)cc(OC)c1. The first-order valence-electron chi connectivity index (χ1n) is 8.70. The number of ether oxygens (including phenoxy) is 2. The third-order valence-corrected chi connectivity index (χ3v) is 4.93. The summed E-state index contributed by atoms with van der Waals surface area (Å²) in [5.74, 6) is 2.55. The van der Waals surface area contributed by atoms with Crippen LogP contribution in [0, 0.1) is 5.92 Å². The first-order valence-corrected chi connectivity index (χ1v) is 8.70. The molecule has 3 rings (SSSR count). The number of likely N-dealkylation sites (tertiary alicyclic amines) is 1. The number of aliphatic hydroxyl groups excluding tert-OH is 1. The second-order valence-electron chi connectivity index (χ2n) is 6.70. The van der Waals surface area contributed by atoms with Crippen molar-refractivity contribution in [3.63, 3.8) is 0 Å². The number of nitrogens with zero attached hydrogens (tertiary/aromatic N) is 3. The number of methoxy groups -OCH3 is 2. The molecule has 1 aliphatic rings. The van der Waals surface area contributed by atoms with Crippen molar-refractivity contribution in [2.75, 3.05) is 27.3 Å². The van der Waals surface area contributed by atoms with Crippen molar-refractivity contribution in [3.8, 4) is 11.5 Å². The minimum atomic E-state index is -0.525. The molecule has 1 aromatic heterocycles. The fourth-order valence-electron chi connectivity index (χ4n) is 3.58. The van der Waals surface area contributed by atoms with Crippen LogP contribution in [0.25, 0.3) is 0 Å². The molecule has 0 aliphatic carbocycles. The van der Waals surface area contributed by atoms with Gasteiger partial charge in [0.05, 0.1) is 14.2 Å². The zero-order chi connectivity index (χ0) is 17.8. The third kappa shape index (κ3) is 4.14. The Hall–Kier alpha value is -2.05. The lowest BCUT2D eigenvalue weighted by Gasteiger charge is -2.35. The molecule has 2 unspecified atom stereocenters. The van der Waals surface area contributed by atoms with E-state index in [1.54, 1.807) is 20.4 Å². The van der Waals surface area contributed by atoms with Gasteiger partial charge in [0.15, 0.2) is 0 Å². The second kappa shape index (κ2) is 7.89. The first kappa shape index (κ1) is 17.8. The highest BCUT2D eigenvalue weighted by atomic mass is 16.5. The zero-order valence-corrected chi connectivity index (χ0v) is 15.2. The summed E-state index contributed by atoms with van der Waals surface area (Å²) in [4.78, 5) is 6.69. The van der Waals surface area contributed by atoms with Crippen LogP contribution in [0.3, 0.4) is 0 Å². The minimum absolute atomic E-state index is 0.197. The number of imidazole rings is 1. The number of benzene rings is 1. The van der Waals surface area contributed by atoms with E-state index in [2.05, 4.69) is 9.88 Å². The molecule has 6 heteroatoms. The van der Waals surface area contributed by atoms with E-state index in [0.717, 1.165) is 55.4 Å². The van der Waals surface area contributed by atoms with Crippen LogP contribution < -0.4 is 9.47 Å². The summed E-state index contributed by atoms with van der Waals surface area (Å²) in [6.07, 6.45) is 5.19. The molecular formula is C19H27N3O3. The number of rotatable bonds is 6. The van der Waals surface area contributed by atoms with Crippen LogP contribution >= 0.6 is 0 Å². The summed E-state index contributed by atoms with van der Waals surface area (Å²) in [5, 5.41) is 10.7. The number of piperidine rings is 1. The first-order chi connectivity index (χ1) is 12.1. The molecule has 2 aromatic rings. The molecule has 1 saturated heterocycles. The van der Waals surface area contributed by atoms with E-state index < -0.39 is 6.10 Å². The van der Waals surface area contributed by atoms with E-state index in [4.69, 9.17) is 9.47 Å². The zero-order valence-electron chi connectivity index (χ0n) is 15.2. The van der Waals surface area contributed by atoms with Crippen molar-refractivity contribution >= 4 is 0 Å². The topological polar surface area (TPSA) is 59.8 Å². The van der Waals surface area contributed by atoms with Crippen LogP contribution in [0.5, 0.6) is 11.5 Å². The number of aromatic nitrogens is 2. The molecule has 1 aromatic carbocycles. The van der Waals surface area contributed by atoms with Gasteiger partial charge in [0, 0.05) is 44.5 Å². The highest BCUT2D eigenvalue weighted by Gasteiger charge is 2.29. The average molecular weight is 345 g/mol. The lowest BCUT2D eigenvalue weighted by molar-refractivity contribution is 0.0404. The van der Waals surface area contributed by atoms with Gasteiger partial charge >= 0.3 is 0 Å². The maximum atomic E-state index is 10.7. The summed E-state index contributed by atoms with van der Waals surface area (Å²) < 4.78 is 12.6. The summed E-state index contributed by atoms with van der Waals surface area (Å²) in [5.41, 5.74) is 1.16. The smallest absolute Gasteiger partial charge is 0.137 e. The van der Waals surface area contributed by atoms with Gasteiger partial charge in [-0.05, 0) is 37.1 Å². The Morgan fingerprint density at radius 1 is 1.24 bits per heavy atom. The molecule has 0 bridgehead atoms. The van der Waals surface area contributed by atoms with Crippen molar-refractivity contribution < 1.29 is 14.6 Å². The molecule has 1 aliphatic heterocycles. The summed E-state index contributed by atoms with van der Waals surface area (Å²) in [6.45, 7) is 2.70. The van der Waals surface area contributed by atoms with Crippen molar-refractivity contribution in [2.24, 2.45) is 13.0 Å². The van der Waals surface area contributed by atoms with Crippen LogP contribution in [0.4, 0.5) is 0 Å². The van der Waals surface area contributed by atoms with Gasteiger partial charge in [-0.25, -0.2) is 4.98 Å². The molecule has 2 heterocycles. The van der Waals surface area contributed by atoms with Gasteiger partial charge in [-0.3, -0.25) is 4.90 Å². The van der Waals surface area contributed by atoms with Crippen molar-refractivity contribution in [1.29, 1.82) is 0 Å². The predicted octanol–water partition coefficient (Wildman–Crippen LogP) is 2.38. The van der Waals surface area contributed by atoms with Gasteiger partial charge in [0.1, 0.15) is 23.4 Å². The molecule has 2 atom stereocenters. The van der Waals surface area contributed by atoms with E-state index in [1.165, 1.54) is 0 Å². The fraction of sp³-hybridized carbons (Fsp3) is 0.526. The standard InChI is InChI=1S/C19H27N3O3/c1-21-8-6-20-19(21)18(23)15-5-4-7-22(13-15)12-14-9-16(24-2)11-17(10-14)25-3/h6,8-11,15,18,23H,4-5,7,12-13H2,1-3H3. The number of aryl methyl sites for hydroxylation is 1. The molecular weight excluding hydrogens is 318 g/mol. The third-order valence-electron chi connectivity index (χ3n) is 4.93. The Labute approximate surface area is 149 Å². The normalized spacial score (nSPS) is 19.6. The van der Waals surface area contributed by atoms with Crippen molar-refractivity contribution in [1.82, 2.24) is 14.5 Å². The fourth-order valence-corrected chi connectivity index (χ4v) is 3.58. The Morgan fingerprint density at radius 3 is 2.56 bits per heavy atom. The highest BCUT2D eigenvalue weighted by Crippen LogP contribution is 2.30. The highest BCUT2D eigenvalue weighted by molar-refractivity contribution is 5.38. The number of hydrogen-bond donors (Lipinski definition) is 1. The average Bonchev–Trinajstić information content (AvgIpc) is 3.06. The summed E-state index contributed by atoms with van der Waals surface area (Å²) >= 11 is 0. The largest absolute Gasteiger partial charge is 0.497 e. The number of aliphatic hydroxyl groups is 1. The Morgan fingerprint density at radius 2 is 1.96 bits per heavy atom. The Balaban J connectivity index is 1.69. The van der Waals surface area contributed by atoms with Gasteiger partial charge in [-0.15, -0.1) is 0 Å². The molecule has 1 fully saturated rings. The van der Waals surface area contributed by atoms with E-state index in [-0.39, 0.29) is 5.92 Å². The quantitative estimate of drug-likeness (QED) is 0.871. The molecule has 0 amide bonds. The molecule has 0 saturated carbocycles. The van der Waals surface area contributed by atoms with E-state index in [9.17, 15) is 5.11 Å². The predicted molar refractivity (Wildman–Crippen MR) is 95.7 cm³/mol. The molecule has 0 radical (unpaired) electrons. The molecule has 1 N–H and O–H groups in total. The number of hydrogen-bond acceptors (Lipinski definition) is 5. The van der Waals surface area contributed by atoms with Gasteiger partial charge in [0.2, 0.25) is 0 Å². The van der Waals surface area contributed by atoms with E-state index in [0.29, 0.717) is 0 Å². The lowest BCUT2D eigenvalue weighted by Crippen LogP contribution is -2.37. The Bertz CT molecular complexity index is 679. The second-order valence-corrected chi connectivity index (χ2v) is 6.70. The van der Waals surface area contributed by atoms with Crippen molar-refractivity contribution in [3.05, 3.63) is 42.0 Å². The van der Waals surface area contributed by atoms with Crippen LogP contribution in [0.2, 0.25) is 0 Å². The maximum Gasteiger partial charge on any atom is 0.137 e. The van der Waals surface area contributed by atoms with Crippen molar-refractivity contribution in [2.45, 2.75) is 25.5 Å². The van der Waals surface area contributed by atoms with Gasteiger partial charge in [-0.1, -0.05) is 0 Å². The molecule has 25 heavy (non-hydrogen) atoms.